The first-order chi connectivity index (χ1) is 10.4. The number of piperidine rings is 1. The lowest BCUT2D eigenvalue weighted by atomic mass is 10.0. The van der Waals surface area contributed by atoms with Crippen molar-refractivity contribution in [2.24, 2.45) is 0 Å². The third-order valence-corrected chi connectivity index (χ3v) is 4.35. The highest BCUT2D eigenvalue weighted by Crippen LogP contribution is 2.22. The lowest BCUT2D eigenvalue weighted by Crippen LogP contribution is -2.46. The molecule has 0 aliphatic carbocycles. The minimum absolute atomic E-state index is 0.104. The summed E-state index contributed by atoms with van der Waals surface area (Å²) in [6.07, 6.45) is 4.81. The average molecular weight is 306 g/mol. The fraction of sp³-hybridized carbons (Fsp3) is 0.765. The van der Waals surface area contributed by atoms with Crippen LogP contribution in [0.3, 0.4) is 0 Å². The molecule has 0 atom stereocenters. The molecule has 0 aromatic carbocycles. The van der Waals surface area contributed by atoms with E-state index in [9.17, 15) is 4.79 Å². The van der Waals surface area contributed by atoms with Gasteiger partial charge in [0.25, 0.3) is 5.91 Å². The smallest absolute Gasteiger partial charge is 0.257 e. The van der Waals surface area contributed by atoms with Gasteiger partial charge in [-0.2, -0.15) is 5.10 Å². The maximum atomic E-state index is 13.0. The van der Waals surface area contributed by atoms with Crippen molar-refractivity contribution in [2.45, 2.75) is 65.5 Å². The first kappa shape index (κ1) is 17.0. The molecule has 0 radical (unpaired) electrons. The summed E-state index contributed by atoms with van der Waals surface area (Å²) in [5, 5.41) is 7.82. The van der Waals surface area contributed by atoms with Crippen LogP contribution in [-0.2, 0) is 5.54 Å². The van der Waals surface area contributed by atoms with E-state index in [2.05, 4.69) is 43.0 Å². The van der Waals surface area contributed by atoms with Gasteiger partial charge in [-0.3, -0.25) is 9.48 Å². The molecule has 1 aromatic heterocycles. The topological polar surface area (TPSA) is 50.2 Å². The Morgan fingerprint density at radius 1 is 1.41 bits per heavy atom. The number of aromatic nitrogens is 2. The predicted octanol–water partition coefficient (Wildman–Crippen LogP) is 2.55. The summed E-state index contributed by atoms with van der Waals surface area (Å²) in [5.41, 5.74) is 1.61. The molecule has 1 fully saturated rings. The highest BCUT2D eigenvalue weighted by molar-refractivity contribution is 5.95. The molecule has 0 saturated carbocycles. The Kier molecular flexibility index (Phi) is 5.27. The van der Waals surface area contributed by atoms with Gasteiger partial charge >= 0.3 is 0 Å². The van der Waals surface area contributed by atoms with Crippen molar-refractivity contribution in [1.82, 2.24) is 20.0 Å². The number of amides is 1. The molecule has 124 valence electrons. The largest absolute Gasteiger partial charge is 0.335 e. The molecule has 1 aliphatic rings. The van der Waals surface area contributed by atoms with E-state index in [-0.39, 0.29) is 11.4 Å². The quantitative estimate of drug-likeness (QED) is 0.930. The SMILES string of the molecule is CCCN(C(=O)c1cnn(C(C)(C)C)c1C)C1CCNCC1. The van der Waals surface area contributed by atoms with Crippen LogP contribution in [0.15, 0.2) is 6.20 Å². The van der Waals surface area contributed by atoms with Crippen molar-refractivity contribution in [3.8, 4) is 0 Å². The van der Waals surface area contributed by atoms with Gasteiger partial charge in [-0.1, -0.05) is 6.92 Å². The zero-order chi connectivity index (χ0) is 16.3. The normalized spacial score (nSPS) is 16.8. The number of hydrogen-bond donors (Lipinski definition) is 1. The fourth-order valence-corrected chi connectivity index (χ4v) is 3.26. The summed E-state index contributed by atoms with van der Waals surface area (Å²) < 4.78 is 1.95. The molecule has 5 nitrogen and oxygen atoms in total. The van der Waals surface area contributed by atoms with Crippen molar-refractivity contribution >= 4 is 5.91 Å². The van der Waals surface area contributed by atoms with E-state index in [4.69, 9.17) is 0 Å². The highest BCUT2D eigenvalue weighted by atomic mass is 16.2. The Balaban J connectivity index is 2.25. The Labute approximate surface area is 134 Å². The van der Waals surface area contributed by atoms with Crippen LogP contribution in [-0.4, -0.2) is 46.3 Å². The van der Waals surface area contributed by atoms with Crippen molar-refractivity contribution < 1.29 is 4.79 Å². The Hall–Kier alpha value is -1.36. The minimum Gasteiger partial charge on any atom is -0.335 e. The number of nitrogens with zero attached hydrogens (tertiary/aromatic N) is 3. The second-order valence-corrected chi connectivity index (χ2v) is 7.21. The maximum absolute atomic E-state index is 13.0. The summed E-state index contributed by atoms with van der Waals surface area (Å²) in [6.45, 7) is 13.3. The van der Waals surface area contributed by atoms with E-state index in [1.54, 1.807) is 6.20 Å². The Morgan fingerprint density at radius 2 is 2.05 bits per heavy atom. The second-order valence-electron chi connectivity index (χ2n) is 7.21. The van der Waals surface area contributed by atoms with Gasteiger partial charge in [0.15, 0.2) is 0 Å². The lowest BCUT2D eigenvalue weighted by molar-refractivity contribution is 0.0641. The second kappa shape index (κ2) is 6.82. The van der Waals surface area contributed by atoms with Gasteiger partial charge in [-0.15, -0.1) is 0 Å². The number of rotatable bonds is 4. The molecule has 1 aliphatic heterocycles. The summed E-state index contributed by atoms with van der Waals surface area (Å²) in [4.78, 5) is 15.1. The van der Waals surface area contributed by atoms with E-state index < -0.39 is 0 Å². The zero-order valence-electron chi connectivity index (χ0n) is 14.6. The van der Waals surface area contributed by atoms with Gasteiger partial charge in [0.1, 0.15) is 0 Å². The molecule has 2 rings (SSSR count). The van der Waals surface area contributed by atoms with Crippen molar-refractivity contribution in [3.05, 3.63) is 17.5 Å². The van der Waals surface area contributed by atoms with Gasteiger partial charge in [-0.05, 0) is 60.0 Å². The van der Waals surface area contributed by atoms with E-state index in [0.29, 0.717) is 6.04 Å². The highest BCUT2D eigenvalue weighted by Gasteiger charge is 2.29. The fourth-order valence-electron chi connectivity index (χ4n) is 3.26. The zero-order valence-corrected chi connectivity index (χ0v) is 14.6. The van der Waals surface area contributed by atoms with Crippen molar-refractivity contribution in [1.29, 1.82) is 0 Å². The van der Waals surface area contributed by atoms with Crippen LogP contribution in [0.5, 0.6) is 0 Å². The molecular weight excluding hydrogens is 276 g/mol. The number of carbonyl (C=O) groups excluding carboxylic acids is 1. The molecule has 0 spiro atoms. The summed E-state index contributed by atoms with van der Waals surface area (Å²) in [7, 11) is 0. The van der Waals surface area contributed by atoms with Gasteiger partial charge in [0.2, 0.25) is 0 Å². The van der Waals surface area contributed by atoms with E-state index in [1.807, 2.05) is 11.6 Å². The molecule has 0 unspecified atom stereocenters. The summed E-state index contributed by atoms with van der Waals surface area (Å²) in [5.74, 6) is 0.141. The van der Waals surface area contributed by atoms with Gasteiger partial charge < -0.3 is 10.2 Å². The lowest BCUT2D eigenvalue weighted by Gasteiger charge is -2.34. The maximum Gasteiger partial charge on any atom is 0.257 e. The van der Waals surface area contributed by atoms with E-state index >= 15 is 0 Å². The Bertz CT molecular complexity index is 509. The third-order valence-electron chi connectivity index (χ3n) is 4.35. The summed E-state index contributed by atoms with van der Waals surface area (Å²) >= 11 is 0. The van der Waals surface area contributed by atoms with Crippen LogP contribution in [0.4, 0.5) is 0 Å². The first-order valence-electron chi connectivity index (χ1n) is 8.43. The standard InChI is InChI=1S/C17H30N4O/c1-6-11-20(14-7-9-18-10-8-14)16(22)15-12-19-21(13(15)2)17(3,4)5/h12,14,18H,6-11H2,1-5H3. The minimum atomic E-state index is -0.104. The van der Waals surface area contributed by atoms with E-state index in [1.165, 1.54) is 0 Å². The third kappa shape index (κ3) is 3.51. The van der Waals surface area contributed by atoms with Crippen LogP contribution in [0.25, 0.3) is 0 Å². The average Bonchev–Trinajstić information content (AvgIpc) is 2.87. The molecule has 1 N–H and O–H groups in total. The monoisotopic (exact) mass is 306 g/mol. The van der Waals surface area contributed by atoms with Crippen LogP contribution in [0.2, 0.25) is 0 Å². The number of carbonyl (C=O) groups is 1. The number of hydrogen-bond acceptors (Lipinski definition) is 3. The molecule has 1 amide bonds. The van der Waals surface area contributed by atoms with Gasteiger partial charge in [0, 0.05) is 18.3 Å². The summed E-state index contributed by atoms with van der Waals surface area (Å²) in [6, 6.07) is 0.353. The predicted molar refractivity (Wildman–Crippen MR) is 89.2 cm³/mol. The van der Waals surface area contributed by atoms with Crippen LogP contribution in [0.1, 0.15) is 63.0 Å². The molecule has 2 heterocycles. The molecular formula is C17H30N4O. The molecule has 22 heavy (non-hydrogen) atoms. The Morgan fingerprint density at radius 3 is 2.55 bits per heavy atom. The van der Waals surface area contributed by atoms with Gasteiger partial charge in [-0.25, -0.2) is 0 Å². The van der Waals surface area contributed by atoms with Gasteiger partial charge in [0.05, 0.1) is 17.3 Å². The van der Waals surface area contributed by atoms with Crippen LogP contribution in [0, 0.1) is 6.92 Å². The van der Waals surface area contributed by atoms with Crippen molar-refractivity contribution in [2.75, 3.05) is 19.6 Å². The molecule has 0 bridgehead atoms. The number of nitrogens with one attached hydrogen (secondary N) is 1. The molecule has 1 saturated heterocycles. The van der Waals surface area contributed by atoms with E-state index in [0.717, 1.165) is 50.2 Å². The first-order valence-corrected chi connectivity index (χ1v) is 8.43. The van der Waals surface area contributed by atoms with Crippen LogP contribution < -0.4 is 5.32 Å². The van der Waals surface area contributed by atoms with Crippen LogP contribution >= 0.6 is 0 Å². The molecule has 1 aromatic rings. The molecule has 5 heteroatoms. The van der Waals surface area contributed by atoms with Crippen molar-refractivity contribution in [3.63, 3.8) is 0 Å².